The lowest BCUT2D eigenvalue weighted by atomic mass is 10.1. The number of halogens is 4. The van der Waals surface area contributed by atoms with Crippen molar-refractivity contribution in [2.75, 3.05) is 0 Å². The number of hydrogen-bond donors (Lipinski definition) is 0. The predicted octanol–water partition coefficient (Wildman–Crippen LogP) is 5.24. The molecule has 1 aromatic heterocycles. The Morgan fingerprint density at radius 3 is 2.36 bits per heavy atom. The molecular formula is C15H9ClF3NOS. The molecule has 0 bridgehead atoms. The smallest absolute Gasteiger partial charge is 0.289 e. The highest BCUT2D eigenvalue weighted by atomic mass is 35.5. The Kier molecular flexibility index (Phi) is 5.26. The number of allylic oxidation sites excluding steroid dienone is 1. The minimum atomic E-state index is -4.41. The van der Waals surface area contributed by atoms with Gasteiger partial charge in [-0.3, -0.25) is 4.79 Å². The molecular weight excluding hydrogens is 335 g/mol. The van der Waals surface area contributed by atoms with E-state index in [4.69, 9.17) is 11.6 Å². The van der Waals surface area contributed by atoms with Gasteiger partial charge in [0.1, 0.15) is 5.03 Å². The molecule has 0 spiro atoms. The zero-order chi connectivity index (χ0) is 16.2. The van der Waals surface area contributed by atoms with E-state index in [2.05, 4.69) is 4.98 Å². The Morgan fingerprint density at radius 1 is 1.14 bits per heavy atom. The molecule has 2 nitrogen and oxygen atoms in total. The summed E-state index contributed by atoms with van der Waals surface area (Å²) >= 11 is 6.78. The molecule has 2 rings (SSSR count). The predicted molar refractivity (Wildman–Crippen MR) is 80.0 cm³/mol. The van der Waals surface area contributed by atoms with Crippen LogP contribution in [-0.4, -0.2) is 10.8 Å². The molecule has 1 heterocycles. The molecule has 0 unspecified atom stereocenters. The molecule has 0 saturated heterocycles. The van der Waals surface area contributed by atoms with Crippen molar-refractivity contribution in [1.82, 2.24) is 4.98 Å². The number of rotatable bonds is 4. The van der Waals surface area contributed by atoms with Crippen molar-refractivity contribution in [2.45, 2.75) is 11.2 Å². The maximum absolute atomic E-state index is 12.4. The minimum Gasteiger partial charge on any atom is -0.289 e. The van der Waals surface area contributed by atoms with E-state index >= 15 is 0 Å². The van der Waals surface area contributed by atoms with Gasteiger partial charge in [-0.15, -0.1) is 0 Å². The molecule has 2 aromatic rings. The average Bonchev–Trinajstić information content (AvgIpc) is 2.47. The van der Waals surface area contributed by atoms with Gasteiger partial charge in [-0.2, -0.15) is 13.2 Å². The summed E-state index contributed by atoms with van der Waals surface area (Å²) in [6.07, 6.45) is -2.32. The second-order valence-corrected chi connectivity index (χ2v) is 5.54. The second kappa shape index (κ2) is 6.98. The van der Waals surface area contributed by atoms with Crippen LogP contribution in [0, 0.1) is 0 Å². The Balaban J connectivity index is 1.97. The standard InChI is InChI=1S/C15H9ClF3NOS/c16-12-4-1-10(2-5-12)13(21)7-8-22-14-6-3-11(9-20-14)15(17,18)19/h1-9H/b8-7+. The van der Waals surface area contributed by atoms with Crippen LogP contribution in [0.5, 0.6) is 0 Å². The van der Waals surface area contributed by atoms with Crippen LogP contribution in [0.3, 0.4) is 0 Å². The van der Waals surface area contributed by atoms with E-state index < -0.39 is 11.7 Å². The first-order valence-corrected chi connectivity index (χ1v) is 7.28. The molecule has 22 heavy (non-hydrogen) atoms. The highest BCUT2D eigenvalue weighted by Gasteiger charge is 2.30. The number of nitrogens with zero attached hydrogens (tertiary/aromatic N) is 1. The van der Waals surface area contributed by atoms with Crippen molar-refractivity contribution in [2.24, 2.45) is 0 Å². The van der Waals surface area contributed by atoms with Crippen LogP contribution in [0.1, 0.15) is 15.9 Å². The number of ketones is 1. The van der Waals surface area contributed by atoms with E-state index in [1.807, 2.05) is 0 Å². The topological polar surface area (TPSA) is 30.0 Å². The van der Waals surface area contributed by atoms with Crippen LogP contribution in [0.4, 0.5) is 13.2 Å². The lowest BCUT2D eigenvalue weighted by Crippen LogP contribution is -2.04. The van der Waals surface area contributed by atoms with Crippen molar-refractivity contribution < 1.29 is 18.0 Å². The molecule has 0 N–H and O–H groups in total. The van der Waals surface area contributed by atoms with E-state index in [1.54, 1.807) is 24.3 Å². The van der Waals surface area contributed by atoms with E-state index in [0.29, 0.717) is 15.6 Å². The summed E-state index contributed by atoms with van der Waals surface area (Å²) in [7, 11) is 0. The van der Waals surface area contributed by atoms with Crippen molar-refractivity contribution >= 4 is 29.1 Å². The van der Waals surface area contributed by atoms with Crippen LogP contribution in [0.25, 0.3) is 0 Å². The number of benzene rings is 1. The zero-order valence-corrected chi connectivity index (χ0v) is 12.5. The van der Waals surface area contributed by atoms with E-state index in [-0.39, 0.29) is 5.78 Å². The Morgan fingerprint density at radius 2 is 1.82 bits per heavy atom. The molecule has 114 valence electrons. The Labute approximate surface area is 134 Å². The van der Waals surface area contributed by atoms with Gasteiger partial charge in [0.25, 0.3) is 0 Å². The summed E-state index contributed by atoms with van der Waals surface area (Å²) in [5.74, 6) is -0.226. The second-order valence-electron chi connectivity index (χ2n) is 4.17. The van der Waals surface area contributed by atoms with Crippen LogP contribution < -0.4 is 0 Å². The largest absolute Gasteiger partial charge is 0.417 e. The van der Waals surface area contributed by atoms with Gasteiger partial charge in [-0.05, 0) is 47.9 Å². The molecule has 0 aliphatic rings. The van der Waals surface area contributed by atoms with Crippen molar-refractivity contribution in [3.05, 3.63) is 70.2 Å². The van der Waals surface area contributed by atoms with Gasteiger partial charge in [-0.1, -0.05) is 23.4 Å². The highest BCUT2D eigenvalue weighted by molar-refractivity contribution is 8.02. The van der Waals surface area contributed by atoms with E-state index in [9.17, 15) is 18.0 Å². The fraction of sp³-hybridized carbons (Fsp3) is 0.0667. The van der Waals surface area contributed by atoms with Gasteiger partial charge >= 0.3 is 6.18 Å². The van der Waals surface area contributed by atoms with Crippen LogP contribution in [0.15, 0.2) is 59.1 Å². The van der Waals surface area contributed by atoms with Crippen molar-refractivity contribution in [3.8, 4) is 0 Å². The average molecular weight is 344 g/mol. The first-order valence-electron chi connectivity index (χ1n) is 6.02. The van der Waals surface area contributed by atoms with Gasteiger partial charge in [0.2, 0.25) is 0 Å². The molecule has 0 aliphatic heterocycles. The summed E-state index contributed by atoms with van der Waals surface area (Å²) in [4.78, 5) is 15.5. The molecule has 0 aliphatic carbocycles. The third-order valence-electron chi connectivity index (χ3n) is 2.60. The number of carbonyl (C=O) groups excluding carboxylic acids is 1. The van der Waals surface area contributed by atoms with E-state index in [0.717, 1.165) is 24.0 Å². The van der Waals surface area contributed by atoms with Gasteiger partial charge in [0, 0.05) is 16.8 Å². The number of aromatic nitrogens is 1. The quantitative estimate of drug-likeness (QED) is 0.432. The maximum atomic E-state index is 12.4. The van der Waals surface area contributed by atoms with Crippen LogP contribution in [-0.2, 0) is 6.18 Å². The molecule has 0 saturated carbocycles. The lowest BCUT2D eigenvalue weighted by molar-refractivity contribution is -0.137. The number of alkyl halides is 3. The summed E-state index contributed by atoms with van der Waals surface area (Å²) in [6, 6.07) is 8.60. The number of thioether (sulfide) groups is 1. The zero-order valence-electron chi connectivity index (χ0n) is 11.0. The number of pyridine rings is 1. The lowest BCUT2D eigenvalue weighted by Gasteiger charge is -2.05. The number of carbonyl (C=O) groups is 1. The third-order valence-corrected chi connectivity index (χ3v) is 3.61. The third kappa shape index (κ3) is 4.61. The van der Waals surface area contributed by atoms with Crippen LogP contribution >= 0.6 is 23.4 Å². The van der Waals surface area contributed by atoms with Gasteiger partial charge in [0.15, 0.2) is 5.78 Å². The highest BCUT2D eigenvalue weighted by Crippen LogP contribution is 2.29. The Bertz CT molecular complexity index is 681. The van der Waals surface area contributed by atoms with E-state index in [1.165, 1.54) is 17.6 Å². The molecule has 1 aromatic carbocycles. The summed E-state index contributed by atoms with van der Waals surface area (Å²) in [5.41, 5.74) is -0.334. The van der Waals surface area contributed by atoms with Crippen molar-refractivity contribution in [1.29, 1.82) is 0 Å². The van der Waals surface area contributed by atoms with Gasteiger partial charge < -0.3 is 0 Å². The monoisotopic (exact) mass is 343 g/mol. The molecule has 0 fully saturated rings. The maximum Gasteiger partial charge on any atom is 0.417 e. The van der Waals surface area contributed by atoms with Gasteiger partial charge in [-0.25, -0.2) is 4.98 Å². The fourth-order valence-corrected chi connectivity index (χ4v) is 2.21. The molecule has 0 radical (unpaired) electrons. The fourth-order valence-electron chi connectivity index (χ4n) is 1.49. The molecule has 0 amide bonds. The van der Waals surface area contributed by atoms with Gasteiger partial charge in [0.05, 0.1) is 5.56 Å². The molecule has 0 atom stereocenters. The SMILES string of the molecule is O=C(/C=C/Sc1ccc(C(F)(F)F)cn1)c1ccc(Cl)cc1. The normalized spacial score (nSPS) is 11.8. The summed E-state index contributed by atoms with van der Waals surface area (Å²) in [6.45, 7) is 0. The first kappa shape index (κ1) is 16.6. The molecule has 7 heteroatoms. The minimum absolute atomic E-state index is 0.226. The first-order chi connectivity index (χ1) is 10.4. The van der Waals surface area contributed by atoms with Crippen molar-refractivity contribution in [3.63, 3.8) is 0 Å². The summed E-state index contributed by atoms with van der Waals surface area (Å²) in [5, 5.41) is 2.38. The Hall–Kier alpha value is -1.79. The summed E-state index contributed by atoms with van der Waals surface area (Å²) < 4.78 is 37.1. The van der Waals surface area contributed by atoms with Crippen LogP contribution in [0.2, 0.25) is 5.02 Å². The number of hydrogen-bond acceptors (Lipinski definition) is 3.